The van der Waals surface area contributed by atoms with Crippen LogP contribution in [0.4, 0.5) is 11.4 Å². The van der Waals surface area contributed by atoms with Gasteiger partial charge in [0.25, 0.3) is 0 Å². The SMILES string of the molecule is [c]1nc(CNc2ccccc2)sc1CNc1ccccc1. The van der Waals surface area contributed by atoms with Gasteiger partial charge < -0.3 is 10.6 Å². The molecule has 3 nitrogen and oxygen atoms in total. The summed E-state index contributed by atoms with van der Waals surface area (Å²) < 4.78 is 0. The molecule has 1 radical (unpaired) electrons. The number of rotatable bonds is 6. The van der Waals surface area contributed by atoms with E-state index in [9.17, 15) is 0 Å². The molecule has 3 rings (SSSR count). The standard InChI is InChI=1S/C17H16N3S/c1-3-7-14(8-4-1)18-11-16-12-20-17(21-16)13-19-15-9-5-2-6-10-15/h1-10,18-19H,11,13H2. The van der Waals surface area contributed by atoms with Gasteiger partial charge in [-0.15, -0.1) is 11.3 Å². The summed E-state index contributed by atoms with van der Waals surface area (Å²) in [6, 6.07) is 20.3. The van der Waals surface area contributed by atoms with Crippen LogP contribution in [0.15, 0.2) is 60.7 Å². The maximum atomic E-state index is 4.33. The summed E-state index contributed by atoms with van der Waals surface area (Å²) in [5.74, 6) is 0. The van der Waals surface area contributed by atoms with Crippen molar-refractivity contribution in [3.8, 4) is 0 Å². The monoisotopic (exact) mass is 294 g/mol. The van der Waals surface area contributed by atoms with E-state index in [0.717, 1.165) is 34.3 Å². The van der Waals surface area contributed by atoms with Gasteiger partial charge in [0.2, 0.25) is 0 Å². The van der Waals surface area contributed by atoms with Gasteiger partial charge in [0.1, 0.15) is 11.2 Å². The van der Waals surface area contributed by atoms with E-state index in [1.54, 1.807) is 11.3 Å². The third kappa shape index (κ3) is 4.07. The van der Waals surface area contributed by atoms with Crippen LogP contribution in [0.5, 0.6) is 0 Å². The van der Waals surface area contributed by atoms with Crippen molar-refractivity contribution in [2.24, 2.45) is 0 Å². The first kappa shape index (κ1) is 13.6. The Morgan fingerprint density at radius 3 is 2.00 bits per heavy atom. The summed E-state index contributed by atoms with van der Waals surface area (Å²) in [5, 5.41) is 7.77. The Labute approximate surface area is 128 Å². The molecule has 2 N–H and O–H groups in total. The number of aromatic nitrogens is 1. The average molecular weight is 294 g/mol. The number of anilines is 2. The van der Waals surface area contributed by atoms with E-state index in [2.05, 4.69) is 46.1 Å². The molecule has 0 bridgehead atoms. The van der Waals surface area contributed by atoms with Crippen molar-refractivity contribution in [1.29, 1.82) is 0 Å². The summed E-state index contributed by atoms with van der Waals surface area (Å²) >= 11 is 1.68. The van der Waals surface area contributed by atoms with Gasteiger partial charge in [0.05, 0.1) is 18.0 Å². The number of nitrogens with zero attached hydrogens (tertiary/aromatic N) is 1. The van der Waals surface area contributed by atoms with Crippen molar-refractivity contribution >= 4 is 22.7 Å². The van der Waals surface area contributed by atoms with Crippen molar-refractivity contribution < 1.29 is 0 Å². The second-order valence-corrected chi connectivity index (χ2v) is 5.75. The summed E-state index contributed by atoms with van der Waals surface area (Å²) in [6.07, 6.45) is 3.08. The predicted octanol–water partition coefficient (Wildman–Crippen LogP) is 4.17. The highest BCUT2D eigenvalue weighted by atomic mass is 32.1. The quantitative estimate of drug-likeness (QED) is 0.716. The average Bonchev–Trinajstić information content (AvgIpc) is 3.01. The molecule has 0 saturated heterocycles. The Kier molecular flexibility index (Phi) is 4.49. The third-order valence-electron chi connectivity index (χ3n) is 2.99. The molecule has 3 aromatic rings. The minimum absolute atomic E-state index is 0.733. The Bertz CT molecular complexity index is 607. The highest BCUT2D eigenvalue weighted by Gasteiger charge is 2.02. The molecule has 0 fully saturated rings. The predicted molar refractivity (Wildman–Crippen MR) is 88.5 cm³/mol. The lowest BCUT2D eigenvalue weighted by Crippen LogP contribution is -1.98. The fourth-order valence-corrected chi connectivity index (χ4v) is 2.69. The smallest absolute Gasteiger partial charge is 0.113 e. The molecule has 0 saturated carbocycles. The minimum atomic E-state index is 0.733. The lowest BCUT2D eigenvalue weighted by Gasteiger charge is -2.03. The van der Waals surface area contributed by atoms with Gasteiger partial charge in [-0.05, 0) is 24.3 Å². The van der Waals surface area contributed by atoms with Crippen LogP contribution < -0.4 is 10.6 Å². The molecule has 0 aliphatic heterocycles. The fraction of sp³-hybridized carbons (Fsp3) is 0.118. The highest BCUT2D eigenvalue weighted by Crippen LogP contribution is 2.16. The Morgan fingerprint density at radius 2 is 1.38 bits per heavy atom. The van der Waals surface area contributed by atoms with Crippen LogP contribution in [-0.4, -0.2) is 4.98 Å². The molecule has 0 spiro atoms. The van der Waals surface area contributed by atoms with Crippen LogP contribution in [0.1, 0.15) is 9.88 Å². The molecular weight excluding hydrogens is 278 g/mol. The maximum absolute atomic E-state index is 4.33. The molecule has 21 heavy (non-hydrogen) atoms. The lowest BCUT2D eigenvalue weighted by atomic mass is 10.3. The summed E-state index contributed by atoms with van der Waals surface area (Å²) in [6.45, 7) is 1.49. The van der Waals surface area contributed by atoms with Crippen molar-refractivity contribution in [2.45, 2.75) is 13.1 Å². The summed E-state index contributed by atoms with van der Waals surface area (Å²) in [7, 11) is 0. The van der Waals surface area contributed by atoms with E-state index in [0.29, 0.717) is 0 Å². The van der Waals surface area contributed by atoms with Crippen LogP contribution in [0.25, 0.3) is 0 Å². The second kappa shape index (κ2) is 6.90. The summed E-state index contributed by atoms with van der Waals surface area (Å²) in [5.41, 5.74) is 2.22. The Balaban J connectivity index is 1.52. The zero-order valence-corrected chi connectivity index (χ0v) is 12.4. The first-order chi connectivity index (χ1) is 10.4. The van der Waals surface area contributed by atoms with Gasteiger partial charge in [0, 0.05) is 11.4 Å². The van der Waals surface area contributed by atoms with E-state index >= 15 is 0 Å². The molecule has 0 amide bonds. The molecule has 1 heterocycles. The molecule has 0 unspecified atom stereocenters. The topological polar surface area (TPSA) is 37.0 Å². The Hall–Kier alpha value is -2.33. The maximum Gasteiger partial charge on any atom is 0.113 e. The van der Waals surface area contributed by atoms with Crippen LogP contribution in [0.3, 0.4) is 0 Å². The van der Waals surface area contributed by atoms with Gasteiger partial charge in [-0.2, -0.15) is 0 Å². The molecule has 2 aromatic carbocycles. The van der Waals surface area contributed by atoms with Crippen molar-refractivity contribution in [3.05, 3.63) is 76.7 Å². The molecule has 0 aliphatic rings. The van der Waals surface area contributed by atoms with Crippen molar-refractivity contribution in [3.63, 3.8) is 0 Å². The van der Waals surface area contributed by atoms with Gasteiger partial charge in [0.15, 0.2) is 0 Å². The van der Waals surface area contributed by atoms with E-state index in [1.807, 2.05) is 36.4 Å². The molecule has 0 aliphatic carbocycles. The van der Waals surface area contributed by atoms with Crippen LogP contribution in [0, 0.1) is 6.20 Å². The highest BCUT2D eigenvalue weighted by molar-refractivity contribution is 7.11. The largest absolute Gasteiger partial charge is 0.380 e. The zero-order valence-electron chi connectivity index (χ0n) is 11.5. The number of para-hydroxylation sites is 2. The number of thiazole rings is 1. The fourth-order valence-electron chi connectivity index (χ4n) is 1.94. The van der Waals surface area contributed by atoms with Gasteiger partial charge in [-0.1, -0.05) is 36.4 Å². The zero-order chi connectivity index (χ0) is 14.3. The van der Waals surface area contributed by atoms with Gasteiger partial charge in [-0.3, -0.25) is 0 Å². The van der Waals surface area contributed by atoms with Crippen LogP contribution >= 0.6 is 11.3 Å². The minimum Gasteiger partial charge on any atom is -0.380 e. The van der Waals surface area contributed by atoms with Gasteiger partial charge in [-0.25, -0.2) is 4.98 Å². The first-order valence-electron chi connectivity index (χ1n) is 6.84. The van der Waals surface area contributed by atoms with Crippen LogP contribution in [-0.2, 0) is 13.1 Å². The molecule has 0 atom stereocenters. The number of nitrogens with one attached hydrogen (secondary N) is 2. The second-order valence-electron chi connectivity index (χ2n) is 4.58. The van der Waals surface area contributed by atoms with E-state index in [-0.39, 0.29) is 0 Å². The first-order valence-corrected chi connectivity index (χ1v) is 7.66. The van der Waals surface area contributed by atoms with E-state index in [4.69, 9.17) is 0 Å². The molecule has 1 aromatic heterocycles. The lowest BCUT2D eigenvalue weighted by molar-refractivity contribution is 1.09. The molecule has 4 heteroatoms. The number of hydrogen-bond acceptors (Lipinski definition) is 4. The van der Waals surface area contributed by atoms with Crippen LogP contribution in [0.2, 0.25) is 0 Å². The molecule has 105 valence electrons. The Morgan fingerprint density at radius 1 is 0.810 bits per heavy atom. The normalized spacial score (nSPS) is 10.3. The van der Waals surface area contributed by atoms with Crippen molar-refractivity contribution in [1.82, 2.24) is 4.98 Å². The van der Waals surface area contributed by atoms with E-state index in [1.165, 1.54) is 0 Å². The van der Waals surface area contributed by atoms with Gasteiger partial charge >= 0.3 is 0 Å². The van der Waals surface area contributed by atoms with Crippen molar-refractivity contribution in [2.75, 3.05) is 10.6 Å². The third-order valence-corrected chi connectivity index (χ3v) is 3.94. The number of benzene rings is 2. The molecular formula is C17H16N3S. The summed E-state index contributed by atoms with van der Waals surface area (Å²) in [4.78, 5) is 5.45. The number of hydrogen-bond donors (Lipinski definition) is 2. The van der Waals surface area contributed by atoms with E-state index < -0.39 is 0 Å².